The summed E-state index contributed by atoms with van der Waals surface area (Å²) in [6, 6.07) is 34.7. The van der Waals surface area contributed by atoms with Gasteiger partial charge >= 0.3 is 0 Å². The van der Waals surface area contributed by atoms with E-state index >= 15 is 4.57 Å². The zero-order chi connectivity index (χ0) is 25.7. The van der Waals surface area contributed by atoms with Crippen molar-refractivity contribution in [2.45, 2.75) is 0 Å². The molecular formula is C31H26Cl2NO2P. The van der Waals surface area contributed by atoms with Gasteiger partial charge in [-0.1, -0.05) is 126 Å². The van der Waals surface area contributed by atoms with Gasteiger partial charge in [-0.05, 0) is 17.7 Å². The number of hydrogen-bond acceptors (Lipinski definition) is 3. The van der Waals surface area contributed by atoms with E-state index in [9.17, 15) is 0 Å². The number of nitrogens with zero attached hydrogens (tertiary/aromatic N) is 1. The van der Waals surface area contributed by atoms with Gasteiger partial charge in [0.25, 0.3) is 0 Å². The molecule has 1 heterocycles. The second kappa shape index (κ2) is 11.6. The molecule has 4 aromatic carbocycles. The maximum atomic E-state index is 15.5. The van der Waals surface area contributed by atoms with E-state index in [4.69, 9.17) is 27.9 Å². The van der Waals surface area contributed by atoms with Gasteiger partial charge in [0.15, 0.2) is 7.14 Å². The maximum Gasteiger partial charge on any atom is 0.179 e. The van der Waals surface area contributed by atoms with Crippen LogP contribution in [0.4, 0.5) is 0 Å². The average molecular weight is 546 g/mol. The minimum absolute atomic E-state index is 0.402. The Hall–Kier alpha value is -3.03. The average Bonchev–Trinajstić information content (AvgIpc) is 2.97. The van der Waals surface area contributed by atoms with E-state index in [2.05, 4.69) is 22.8 Å². The molecule has 3 nitrogen and oxygen atoms in total. The second-order valence-electron chi connectivity index (χ2n) is 8.70. The van der Waals surface area contributed by atoms with Crippen molar-refractivity contribution < 1.29 is 9.30 Å². The van der Waals surface area contributed by atoms with Crippen molar-refractivity contribution >= 4 is 52.0 Å². The summed E-state index contributed by atoms with van der Waals surface area (Å²) in [5.41, 5.74) is 6.26. The molecule has 186 valence electrons. The molecule has 1 saturated heterocycles. The number of halogens is 2. The summed E-state index contributed by atoms with van der Waals surface area (Å²) in [6.07, 6.45) is 0. The van der Waals surface area contributed by atoms with Crippen LogP contribution >= 0.6 is 30.3 Å². The van der Waals surface area contributed by atoms with Gasteiger partial charge in [-0.3, -0.25) is 0 Å². The Labute approximate surface area is 228 Å². The largest absolute Gasteiger partial charge is 0.378 e. The van der Waals surface area contributed by atoms with Crippen LogP contribution in [0, 0.1) is 0 Å². The van der Waals surface area contributed by atoms with Crippen LogP contribution in [0.25, 0.3) is 11.0 Å². The number of hydrogen-bond donors (Lipinski definition) is 0. The molecule has 0 amide bonds. The molecule has 0 radical (unpaired) electrons. The number of ether oxygens (including phenoxy) is 1. The molecule has 5 rings (SSSR count). The molecule has 0 saturated carbocycles. The van der Waals surface area contributed by atoms with E-state index in [0.717, 1.165) is 21.9 Å². The highest BCUT2D eigenvalue weighted by Crippen LogP contribution is 2.57. The summed E-state index contributed by atoms with van der Waals surface area (Å²) in [4.78, 5) is 2.25. The Bertz CT molecular complexity index is 1430. The van der Waals surface area contributed by atoms with Crippen molar-refractivity contribution in [1.82, 2.24) is 4.90 Å². The van der Waals surface area contributed by atoms with Crippen LogP contribution in [0.2, 0.25) is 10.0 Å². The minimum atomic E-state index is -3.39. The molecular weight excluding hydrogens is 520 g/mol. The lowest BCUT2D eigenvalue weighted by molar-refractivity contribution is 0.0640. The Morgan fingerprint density at radius 1 is 0.703 bits per heavy atom. The molecule has 0 N–H and O–H groups in total. The number of benzene rings is 4. The molecule has 6 heteroatoms. The summed E-state index contributed by atoms with van der Waals surface area (Å²) in [6.45, 7) is 2.67. The lowest BCUT2D eigenvalue weighted by Crippen LogP contribution is -2.34. The fourth-order valence-electron chi connectivity index (χ4n) is 4.49. The van der Waals surface area contributed by atoms with Crippen molar-refractivity contribution in [1.29, 1.82) is 0 Å². The van der Waals surface area contributed by atoms with E-state index < -0.39 is 7.14 Å². The van der Waals surface area contributed by atoms with Crippen LogP contribution in [-0.2, 0) is 9.30 Å². The van der Waals surface area contributed by atoms with Gasteiger partial charge in [0.1, 0.15) is 0 Å². The van der Waals surface area contributed by atoms with E-state index in [1.807, 2.05) is 84.9 Å². The first-order valence-electron chi connectivity index (χ1n) is 12.1. The Kier molecular flexibility index (Phi) is 8.01. The monoisotopic (exact) mass is 545 g/mol. The Balaban J connectivity index is 1.90. The van der Waals surface area contributed by atoms with Crippen LogP contribution in [0.15, 0.2) is 115 Å². The Morgan fingerprint density at radius 3 is 1.78 bits per heavy atom. The van der Waals surface area contributed by atoms with Gasteiger partial charge in [0.2, 0.25) is 0 Å². The fraction of sp³-hybridized carbons (Fsp3) is 0.129. The second-order valence-corrected chi connectivity index (χ2v) is 12.2. The number of morpholine rings is 1. The molecule has 0 aromatic heterocycles. The number of rotatable bonds is 6. The normalized spacial score (nSPS) is 13.6. The van der Waals surface area contributed by atoms with Crippen molar-refractivity contribution in [2.75, 3.05) is 26.3 Å². The molecule has 0 spiro atoms. The molecule has 1 aliphatic heterocycles. The van der Waals surface area contributed by atoms with E-state index in [1.54, 1.807) is 12.1 Å². The van der Waals surface area contributed by atoms with Crippen molar-refractivity contribution in [2.24, 2.45) is 0 Å². The first kappa shape index (κ1) is 25.6. The smallest absolute Gasteiger partial charge is 0.179 e. The van der Waals surface area contributed by atoms with E-state index in [-0.39, 0.29) is 0 Å². The first-order valence-corrected chi connectivity index (χ1v) is 14.6. The summed E-state index contributed by atoms with van der Waals surface area (Å²) >= 11 is 12.8. The Morgan fingerprint density at radius 2 is 1.24 bits per heavy atom. The van der Waals surface area contributed by atoms with Gasteiger partial charge in [0, 0.05) is 29.3 Å². The summed E-state index contributed by atoms with van der Waals surface area (Å²) < 4.78 is 21.2. The molecule has 37 heavy (non-hydrogen) atoms. The predicted octanol–water partition coefficient (Wildman–Crippen LogP) is 7.32. The minimum Gasteiger partial charge on any atom is -0.378 e. The molecule has 0 atom stereocenters. The van der Waals surface area contributed by atoms with Crippen molar-refractivity contribution in [3.8, 4) is 0 Å². The highest BCUT2D eigenvalue weighted by Gasteiger charge is 2.34. The van der Waals surface area contributed by atoms with E-state index in [0.29, 0.717) is 47.2 Å². The topological polar surface area (TPSA) is 29.5 Å². The summed E-state index contributed by atoms with van der Waals surface area (Å²) in [5, 5.41) is 2.88. The van der Waals surface area contributed by atoms with Crippen LogP contribution < -0.4 is 10.6 Å². The molecule has 0 aliphatic carbocycles. The third kappa shape index (κ3) is 5.48. The zero-order valence-electron chi connectivity index (χ0n) is 20.2. The third-order valence-corrected chi connectivity index (χ3v) is 10.1. The molecule has 0 unspecified atom stereocenters. The van der Waals surface area contributed by atoms with Crippen LogP contribution in [0.3, 0.4) is 0 Å². The molecule has 4 aromatic rings. The highest BCUT2D eigenvalue weighted by atomic mass is 35.5. The first-order chi connectivity index (χ1) is 18.1. The van der Waals surface area contributed by atoms with Gasteiger partial charge in [-0.15, -0.1) is 0 Å². The third-order valence-electron chi connectivity index (χ3n) is 6.36. The predicted molar refractivity (Wildman–Crippen MR) is 155 cm³/mol. The highest BCUT2D eigenvalue weighted by molar-refractivity contribution is 7.87. The lowest BCUT2D eigenvalue weighted by Gasteiger charge is -2.30. The zero-order valence-corrected chi connectivity index (χ0v) is 22.6. The van der Waals surface area contributed by atoms with Gasteiger partial charge < -0.3 is 14.2 Å². The quantitative estimate of drug-likeness (QED) is 0.188. The van der Waals surface area contributed by atoms with Crippen molar-refractivity contribution in [3.05, 3.63) is 136 Å². The van der Waals surface area contributed by atoms with Gasteiger partial charge in [0.05, 0.1) is 34.3 Å². The van der Waals surface area contributed by atoms with Crippen molar-refractivity contribution in [3.63, 3.8) is 0 Å². The summed E-state index contributed by atoms with van der Waals surface area (Å²) in [5.74, 6) is 0. The van der Waals surface area contributed by atoms with Gasteiger partial charge in [-0.25, -0.2) is 0 Å². The van der Waals surface area contributed by atoms with Crippen LogP contribution in [-0.4, -0.2) is 31.2 Å². The SMILES string of the molecule is O=P(C(=C=C(c1ccccc1)N1CCOCC1)c1ccc(Cl)c(Cl)c1)(c1ccccc1)c1ccccc1. The van der Waals surface area contributed by atoms with Gasteiger partial charge in [-0.2, -0.15) is 0 Å². The standard InChI is InChI=1S/C31H26Cl2NO2P/c32-28-17-16-25(22-29(28)33)31(23-30(24-10-4-1-5-11-24)34-18-20-36-21-19-34)37(35,26-12-6-2-7-13-26)27-14-8-3-9-15-27/h1-17,22H,18-21H2. The maximum absolute atomic E-state index is 15.5. The van der Waals surface area contributed by atoms with Crippen LogP contribution in [0.1, 0.15) is 11.1 Å². The molecule has 1 fully saturated rings. The molecule has 1 aliphatic rings. The van der Waals surface area contributed by atoms with E-state index in [1.165, 1.54) is 0 Å². The van der Waals surface area contributed by atoms with Crippen LogP contribution in [0.5, 0.6) is 0 Å². The summed E-state index contributed by atoms with van der Waals surface area (Å²) in [7, 11) is -3.39. The fourth-order valence-corrected chi connectivity index (χ4v) is 7.55. The lowest BCUT2D eigenvalue weighted by atomic mass is 10.1. The molecule has 0 bridgehead atoms.